The normalized spacial score (nSPS) is 15.7. The molecule has 0 saturated carbocycles. The van der Waals surface area contributed by atoms with E-state index in [1.165, 1.54) is 4.90 Å². The first-order chi connectivity index (χ1) is 13.9. The van der Waals surface area contributed by atoms with E-state index in [0.29, 0.717) is 25.1 Å². The number of hydrogen-bond acceptors (Lipinski definition) is 4. The monoisotopic (exact) mass is 397 g/mol. The Morgan fingerprint density at radius 2 is 1.90 bits per heavy atom. The van der Waals surface area contributed by atoms with Gasteiger partial charge in [-0.05, 0) is 36.6 Å². The summed E-state index contributed by atoms with van der Waals surface area (Å²) in [7, 11) is 3.13. The van der Waals surface area contributed by atoms with Gasteiger partial charge in [0.1, 0.15) is 11.6 Å². The number of methoxy groups -OCH3 is 1. The van der Waals surface area contributed by atoms with Gasteiger partial charge in [-0.2, -0.15) is 0 Å². The molecule has 0 spiro atoms. The third-order valence-corrected chi connectivity index (χ3v) is 5.50. The number of nitrogens with one attached hydrogen (secondary N) is 1. The highest BCUT2D eigenvalue weighted by atomic mass is 16.5. The molecule has 0 aliphatic carbocycles. The number of ether oxygens (including phenoxy) is 1. The standard InChI is InChI=1S/C22H27N3O4/c1-14-11-15(2)24(9-10-29-4)21(27)19(14)22(28)25-13-17-8-6-5-7-16(17)12-18(25)20(26)23-3/h5-8,11,18H,9-10,12-13H2,1-4H3,(H,23,26). The summed E-state index contributed by atoms with van der Waals surface area (Å²) >= 11 is 0. The average molecular weight is 397 g/mol. The number of hydrogen-bond donors (Lipinski definition) is 1. The van der Waals surface area contributed by atoms with Crippen molar-refractivity contribution in [3.63, 3.8) is 0 Å². The van der Waals surface area contributed by atoms with E-state index in [1.807, 2.05) is 37.3 Å². The molecule has 1 aliphatic rings. The molecule has 2 aromatic rings. The molecule has 1 atom stereocenters. The van der Waals surface area contributed by atoms with Crippen LogP contribution in [0.1, 0.15) is 32.7 Å². The fourth-order valence-electron chi connectivity index (χ4n) is 3.93. The van der Waals surface area contributed by atoms with Crippen molar-refractivity contribution in [2.45, 2.75) is 39.4 Å². The minimum absolute atomic E-state index is 0.111. The van der Waals surface area contributed by atoms with Gasteiger partial charge >= 0.3 is 0 Å². The van der Waals surface area contributed by atoms with E-state index >= 15 is 0 Å². The zero-order valence-electron chi connectivity index (χ0n) is 17.3. The van der Waals surface area contributed by atoms with Crippen LogP contribution in [0.4, 0.5) is 0 Å². The van der Waals surface area contributed by atoms with Gasteiger partial charge in [0.2, 0.25) is 5.91 Å². The molecule has 7 heteroatoms. The number of aryl methyl sites for hydroxylation is 2. The molecule has 2 heterocycles. The minimum atomic E-state index is -0.657. The highest BCUT2D eigenvalue weighted by Crippen LogP contribution is 2.25. The Morgan fingerprint density at radius 3 is 2.55 bits per heavy atom. The highest BCUT2D eigenvalue weighted by Gasteiger charge is 2.36. The summed E-state index contributed by atoms with van der Waals surface area (Å²) in [5, 5.41) is 2.65. The molecule has 1 aromatic heterocycles. The Balaban J connectivity index is 2.06. The van der Waals surface area contributed by atoms with Crippen molar-refractivity contribution in [1.29, 1.82) is 0 Å². The SMILES string of the molecule is CNC(=O)C1Cc2ccccc2CN1C(=O)c1c(C)cc(C)n(CCOC)c1=O. The second-order valence-corrected chi connectivity index (χ2v) is 7.33. The van der Waals surface area contributed by atoms with Crippen LogP contribution in [0.2, 0.25) is 0 Å². The number of amides is 2. The van der Waals surface area contributed by atoms with Gasteiger partial charge in [-0.3, -0.25) is 14.4 Å². The van der Waals surface area contributed by atoms with E-state index in [4.69, 9.17) is 4.74 Å². The van der Waals surface area contributed by atoms with Crippen LogP contribution in [0.15, 0.2) is 35.1 Å². The van der Waals surface area contributed by atoms with Gasteiger partial charge in [-0.1, -0.05) is 24.3 Å². The second kappa shape index (κ2) is 8.61. The Hall–Kier alpha value is -2.93. The van der Waals surface area contributed by atoms with Gasteiger partial charge in [-0.25, -0.2) is 0 Å². The van der Waals surface area contributed by atoms with Crippen molar-refractivity contribution in [1.82, 2.24) is 14.8 Å². The molecule has 1 aromatic carbocycles. The molecule has 0 radical (unpaired) electrons. The summed E-state index contributed by atoms with van der Waals surface area (Å²) in [6, 6.07) is 8.94. The van der Waals surface area contributed by atoms with Gasteiger partial charge in [0.25, 0.3) is 11.5 Å². The molecule has 1 N–H and O–H groups in total. The maximum absolute atomic E-state index is 13.5. The smallest absolute Gasteiger partial charge is 0.263 e. The number of nitrogens with zero attached hydrogens (tertiary/aromatic N) is 2. The van der Waals surface area contributed by atoms with Crippen molar-refractivity contribution >= 4 is 11.8 Å². The summed E-state index contributed by atoms with van der Waals surface area (Å²) < 4.78 is 6.65. The van der Waals surface area contributed by atoms with Crippen molar-refractivity contribution in [3.05, 3.63) is 68.6 Å². The number of fused-ring (bicyclic) bond motifs is 1. The number of benzene rings is 1. The molecule has 0 saturated heterocycles. The molecule has 0 bridgehead atoms. The van der Waals surface area contributed by atoms with Gasteiger partial charge in [0.05, 0.1) is 6.61 Å². The van der Waals surface area contributed by atoms with Gasteiger partial charge < -0.3 is 19.5 Å². The van der Waals surface area contributed by atoms with Crippen molar-refractivity contribution in [2.24, 2.45) is 0 Å². The molecule has 1 aliphatic heterocycles. The largest absolute Gasteiger partial charge is 0.383 e. The van der Waals surface area contributed by atoms with Crippen LogP contribution < -0.4 is 10.9 Å². The van der Waals surface area contributed by atoms with E-state index in [-0.39, 0.29) is 23.6 Å². The maximum atomic E-state index is 13.5. The van der Waals surface area contributed by atoms with Crippen molar-refractivity contribution < 1.29 is 14.3 Å². The number of rotatable bonds is 5. The summed E-state index contributed by atoms with van der Waals surface area (Å²) in [4.78, 5) is 40.7. The quantitative estimate of drug-likeness (QED) is 0.828. The third kappa shape index (κ3) is 3.96. The zero-order chi connectivity index (χ0) is 21.1. The van der Waals surface area contributed by atoms with Crippen LogP contribution in [0.5, 0.6) is 0 Å². The Morgan fingerprint density at radius 1 is 1.21 bits per heavy atom. The van der Waals surface area contributed by atoms with Gasteiger partial charge in [0, 0.05) is 39.4 Å². The summed E-state index contributed by atoms with van der Waals surface area (Å²) in [5.41, 5.74) is 3.18. The van der Waals surface area contributed by atoms with Crippen LogP contribution in [0, 0.1) is 13.8 Å². The lowest BCUT2D eigenvalue weighted by atomic mass is 9.92. The molecule has 2 amide bonds. The number of carbonyl (C=O) groups is 2. The predicted octanol–water partition coefficient (Wildman–Crippen LogP) is 1.42. The molecule has 1 unspecified atom stereocenters. The first-order valence-electron chi connectivity index (χ1n) is 9.68. The Labute approximate surface area is 170 Å². The molecule has 0 fully saturated rings. The van der Waals surface area contributed by atoms with Crippen LogP contribution in [0.3, 0.4) is 0 Å². The number of aromatic nitrogens is 1. The first-order valence-corrected chi connectivity index (χ1v) is 9.68. The topological polar surface area (TPSA) is 80.6 Å². The lowest BCUT2D eigenvalue weighted by Crippen LogP contribution is -2.53. The van der Waals surface area contributed by atoms with E-state index in [1.54, 1.807) is 25.6 Å². The van der Waals surface area contributed by atoms with Gasteiger partial charge in [-0.15, -0.1) is 0 Å². The van der Waals surface area contributed by atoms with E-state index < -0.39 is 11.9 Å². The van der Waals surface area contributed by atoms with E-state index in [0.717, 1.165) is 16.8 Å². The van der Waals surface area contributed by atoms with Crippen LogP contribution in [-0.2, 0) is 29.0 Å². The molecule has 7 nitrogen and oxygen atoms in total. The summed E-state index contributed by atoms with van der Waals surface area (Å²) in [6.45, 7) is 4.62. The van der Waals surface area contributed by atoms with Crippen LogP contribution in [0.25, 0.3) is 0 Å². The maximum Gasteiger partial charge on any atom is 0.263 e. The van der Waals surface area contributed by atoms with E-state index in [2.05, 4.69) is 5.32 Å². The van der Waals surface area contributed by atoms with E-state index in [9.17, 15) is 14.4 Å². The fraction of sp³-hybridized carbons (Fsp3) is 0.409. The molecular weight excluding hydrogens is 370 g/mol. The number of likely N-dealkylation sites (N-methyl/N-ethyl adjacent to an activating group) is 1. The summed E-state index contributed by atoms with van der Waals surface area (Å²) in [6.07, 6.45) is 0.421. The molecular formula is C22H27N3O4. The number of pyridine rings is 1. The fourth-order valence-corrected chi connectivity index (χ4v) is 3.93. The highest BCUT2D eigenvalue weighted by molar-refractivity contribution is 5.98. The lowest BCUT2D eigenvalue weighted by Gasteiger charge is -2.36. The van der Waals surface area contributed by atoms with Crippen molar-refractivity contribution in [2.75, 3.05) is 20.8 Å². The summed E-state index contributed by atoms with van der Waals surface area (Å²) in [5.74, 6) is -0.654. The Kier molecular flexibility index (Phi) is 6.17. The second-order valence-electron chi connectivity index (χ2n) is 7.33. The predicted molar refractivity (Wildman–Crippen MR) is 110 cm³/mol. The number of carbonyl (C=O) groups excluding carboxylic acids is 2. The Bertz CT molecular complexity index is 996. The van der Waals surface area contributed by atoms with Crippen molar-refractivity contribution in [3.8, 4) is 0 Å². The van der Waals surface area contributed by atoms with Crippen LogP contribution in [-0.4, -0.2) is 48.1 Å². The molecule has 154 valence electrons. The molecule has 3 rings (SSSR count). The van der Waals surface area contributed by atoms with Gasteiger partial charge in [0.15, 0.2) is 0 Å². The minimum Gasteiger partial charge on any atom is -0.383 e. The lowest BCUT2D eigenvalue weighted by molar-refractivity contribution is -0.125. The third-order valence-electron chi connectivity index (χ3n) is 5.50. The first kappa shape index (κ1) is 20.8. The average Bonchev–Trinajstić information content (AvgIpc) is 2.71. The molecule has 29 heavy (non-hydrogen) atoms. The zero-order valence-corrected chi connectivity index (χ0v) is 17.3. The van der Waals surface area contributed by atoms with Crippen LogP contribution >= 0.6 is 0 Å².